The Kier molecular flexibility index (Phi) is 6.59. The molecular formula is C18H25N3O3. The number of rotatable bonds is 7. The highest BCUT2D eigenvalue weighted by Gasteiger charge is 2.34. The van der Waals surface area contributed by atoms with Crippen molar-refractivity contribution in [3.05, 3.63) is 29.8 Å². The number of aliphatic hydroxyl groups excluding tert-OH is 1. The number of hydrogen-bond donors (Lipinski definition) is 1. The van der Waals surface area contributed by atoms with Gasteiger partial charge < -0.3 is 14.7 Å². The van der Waals surface area contributed by atoms with E-state index < -0.39 is 6.10 Å². The van der Waals surface area contributed by atoms with Crippen molar-refractivity contribution in [3.8, 4) is 11.8 Å². The normalized spacial score (nSPS) is 20.6. The average molecular weight is 331 g/mol. The predicted octanol–water partition coefficient (Wildman–Crippen LogP) is 1.57. The van der Waals surface area contributed by atoms with Crippen LogP contribution in [0.5, 0.6) is 5.75 Å². The molecule has 1 saturated heterocycles. The van der Waals surface area contributed by atoms with Crippen LogP contribution in [0.25, 0.3) is 0 Å². The number of amides is 1. The monoisotopic (exact) mass is 331 g/mol. The van der Waals surface area contributed by atoms with Crippen LogP contribution in [0.1, 0.15) is 31.4 Å². The van der Waals surface area contributed by atoms with Crippen LogP contribution < -0.4 is 4.74 Å². The van der Waals surface area contributed by atoms with Gasteiger partial charge in [0.25, 0.3) is 0 Å². The van der Waals surface area contributed by atoms with Gasteiger partial charge in [-0.05, 0) is 31.0 Å². The van der Waals surface area contributed by atoms with Gasteiger partial charge in [0.15, 0.2) is 0 Å². The molecule has 1 N–H and O–H groups in total. The maximum Gasteiger partial charge on any atom is 0.236 e. The number of benzene rings is 1. The topological polar surface area (TPSA) is 76.8 Å². The summed E-state index contributed by atoms with van der Waals surface area (Å²) in [6.45, 7) is 3.67. The van der Waals surface area contributed by atoms with Crippen molar-refractivity contribution in [3.63, 3.8) is 0 Å². The Hall–Kier alpha value is -2.10. The first-order valence-corrected chi connectivity index (χ1v) is 8.29. The summed E-state index contributed by atoms with van der Waals surface area (Å²) < 4.78 is 5.27. The molecule has 1 aromatic carbocycles. The molecule has 6 nitrogen and oxygen atoms in total. The number of likely N-dealkylation sites (N-methyl/N-ethyl adjacent to an activating group) is 1. The molecule has 1 aliphatic heterocycles. The van der Waals surface area contributed by atoms with Crippen LogP contribution in [0.4, 0.5) is 0 Å². The second-order valence-electron chi connectivity index (χ2n) is 5.99. The molecule has 2 rings (SSSR count). The summed E-state index contributed by atoms with van der Waals surface area (Å²) in [6.07, 6.45) is 0.495. The van der Waals surface area contributed by atoms with E-state index in [1.807, 2.05) is 36.1 Å². The van der Waals surface area contributed by atoms with E-state index in [1.165, 1.54) is 0 Å². The van der Waals surface area contributed by atoms with E-state index in [0.717, 1.165) is 11.3 Å². The standard InChI is InChI=1S/C18H25N3O3/c1-3-20(9-5-8-19)18(23)13-21-12-15(22)11-17(21)14-6-4-7-16(10-14)24-2/h4,6-7,10,15,17,22H,3,5,9,11-13H2,1-2H3/t15-,17+/m1/s1. The minimum Gasteiger partial charge on any atom is -0.497 e. The highest BCUT2D eigenvalue weighted by molar-refractivity contribution is 5.78. The average Bonchev–Trinajstić information content (AvgIpc) is 2.96. The number of ether oxygens (including phenoxy) is 1. The Balaban J connectivity index is 2.09. The van der Waals surface area contributed by atoms with Crippen molar-refractivity contribution >= 4 is 5.91 Å². The van der Waals surface area contributed by atoms with Gasteiger partial charge in [-0.3, -0.25) is 9.69 Å². The van der Waals surface area contributed by atoms with Crippen molar-refractivity contribution in [2.24, 2.45) is 0 Å². The Labute approximate surface area is 143 Å². The fourth-order valence-electron chi connectivity index (χ4n) is 3.17. The smallest absolute Gasteiger partial charge is 0.236 e. The lowest BCUT2D eigenvalue weighted by Gasteiger charge is -2.27. The molecule has 130 valence electrons. The number of carbonyl (C=O) groups is 1. The molecule has 0 aromatic heterocycles. The Morgan fingerprint density at radius 3 is 3.00 bits per heavy atom. The first-order valence-electron chi connectivity index (χ1n) is 8.29. The number of likely N-dealkylation sites (tertiary alicyclic amines) is 1. The molecule has 0 spiro atoms. The zero-order valence-electron chi connectivity index (χ0n) is 14.3. The summed E-state index contributed by atoms with van der Waals surface area (Å²) in [5, 5.41) is 18.8. The van der Waals surface area contributed by atoms with Crippen LogP contribution in [0.3, 0.4) is 0 Å². The first kappa shape index (κ1) is 18.2. The third-order valence-electron chi connectivity index (χ3n) is 4.43. The van der Waals surface area contributed by atoms with Crippen LogP contribution in [0, 0.1) is 11.3 Å². The third kappa shape index (κ3) is 4.47. The zero-order valence-corrected chi connectivity index (χ0v) is 14.3. The molecule has 0 unspecified atom stereocenters. The lowest BCUT2D eigenvalue weighted by Crippen LogP contribution is -2.41. The molecule has 0 aliphatic carbocycles. The largest absolute Gasteiger partial charge is 0.497 e. The van der Waals surface area contributed by atoms with Crippen molar-refractivity contribution in [1.82, 2.24) is 9.80 Å². The summed E-state index contributed by atoms with van der Waals surface area (Å²) in [5.41, 5.74) is 1.04. The number of carbonyl (C=O) groups excluding carboxylic acids is 1. The Morgan fingerprint density at radius 2 is 2.33 bits per heavy atom. The SMILES string of the molecule is CCN(CCC#N)C(=O)CN1C[C@H](O)C[C@H]1c1cccc(OC)c1. The first-order chi connectivity index (χ1) is 11.6. The fraction of sp³-hybridized carbons (Fsp3) is 0.556. The van der Waals surface area contributed by atoms with Crippen molar-refractivity contribution in [2.75, 3.05) is 33.3 Å². The quantitative estimate of drug-likeness (QED) is 0.820. The number of methoxy groups -OCH3 is 1. The number of nitrogens with zero attached hydrogens (tertiary/aromatic N) is 3. The van der Waals surface area contributed by atoms with Crippen LogP contribution in [0.15, 0.2) is 24.3 Å². The van der Waals surface area contributed by atoms with Crippen LogP contribution in [0.2, 0.25) is 0 Å². The van der Waals surface area contributed by atoms with Crippen molar-refractivity contribution in [2.45, 2.75) is 31.9 Å². The maximum atomic E-state index is 12.5. The minimum atomic E-state index is -0.441. The van der Waals surface area contributed by atoms with Crippen LogP contribution in [-0.4, -0.2) is 60.2 Å². The van der Waals surface area contributed by atoms with E-state index in [0.29, 0.717) is 32.5 Å². The van der Waals surface area contributed by atoms with Gasteiger partial charge in [-0.25, -0.2) is 0 Å². The highest BCUT2D eigenvalue weighted by Crippen LogP contribution is 2.33. The third-order valence-corrected chi connectivity index (χ3v) is 4.43. The highest BCUT2D eigenvalue weighted by atomic mass is 16.5. The lowest BCUT2D eigenvalue weighted by atomic mass is 10.0. The summed E-state index contributed by atoms with van der Waals surface area (Å²) in [5.74, 6) is 0.763. The van der Waals surface area contributed by atoms with Crippen LogP contribution >= 0.6 is 0 Å². The van der Waals surface area contributed by atoms with Gasteiger partial charge in [0, 0.05) is 25.7 Å². The Morgan fingerprint density at radius 1 is 1.54 bits per heavy atom. The summed E-state index contributed by atoms with van der Waals surface area (Å²) >= 11 is 0. The second kappa shape index (κ2) is 8.67. The molecule has 24 heavy (non-hydrogen) atoms. The number of β-amino-alcohol motifs (C(OH)–C–C–N with tert-alkyl or cyclic N) is 1. The van der Waals surface area contributed by atoms with Gasteiger partial charge in [0.05, 0.1) is 32.2 Å². The summed E-state index contributed by atoms with van der Waals surface area (Å²) in [4.78, 5) is 16.2. The van der Waals surface area contributed by atoms with Gasteiger partial charge in [-0.1, -0.05) is 12.1 Å². The molecule has 0 bridgehead atoms. The van der Waals surface area contributed by atoms with E-state index in [1.54, 1.807) is 12.0 Å². The maximum absolute atomic E-state index is 12.5. The minimum absolute atomic E-state index is 0.00486. The summed E-state index contributed by atoms with van der Waals surface area (Å²) in [6, 6.07) is 9.82. The molecule has 1 heterocycles. The molecule has 0 radical (unpaired) electrons. The van der Waals surface area contributed by atoms with Crippen molar-refractivity contribution in [1.29, 1.82) is 5.26 Å². The number of nitriles is 1. The molecule has 1 fully saturated rings. The van der Waals surface area contributed by atoms with Crippen LogP contribution in [-0.2, 0) is 4.79 Å². The van der Waals surface area contributed by atoms with E-state index in [4.69, 9.17) is 10.00 Å². The van der Waals surface area contributed by atoms with E-state index in [-0.39, 0.29) is 18.5 Å². The van der Waals surface area contributed by atoms with E-state index in [9.17, 15) is 9.90 Å². The zero-order chi connectivity index (χ0) is 17.5. The molecule has 0 saturated carbocycles. The number of hydrogen-bond acceptors (Lipinski definition) is 5. The Bertz CT molecular complexity index is 599. The molecule has 1 aliphatic rings. The van der Waals surface area contributed by atoms with E-state index >= 15 is 0 Å². The van der Waals surface area contributed by atoms with Gasteiger partial charge in [-0.15, -0.1) is 0 Å². The molecule has 1 amide bonds. The van der Waals surface area contributed by atoms with Crippen molar-refractivity contribution < 1.29 is 14.6 Å². The predicted molar refractivity (Wildman–Crippen MR) is 90.4 cm³/mol. The van der Waals surface area contributed by atoms with E-state index in [2.05, 4.69) is 6.07 Å². The van der Waals surface area contributed by atoms with Gasteiger partial charge >= 0.3 is 0 Å². The molecule has 6 heteroatoms. The number of aliphatic hydroxyl groups is 1. The second-order valence-corrected chi connectivity index (χ2v) is 5.99. The summed E-state index contributed by atoms with van der Waals surface area (Å²) in [7, 11) is 1.62. The molecule has 2 atom stereocenters. The molecular weight excluding hydrogens is 306 g/mol. The van der Waals surface area contributed by atoms with Gasteiger partial charge in [0.2, 0.25) is 5.91 Å². The van der Waals surface area contributed by atoms with Gasteiger partial charge in [0.1, 0.15) is 5.75 Å². The fourth-order valence-corrected chi connectivity index (χ4v) is 3.17. The van der Waals surface area contributed by atoms with Gasteiger partial charge in [-0.2, -0.15) is 5.26 Å². The lowest BCUT2D eigenvalue weighted by molar-refractivity contribution is -0.132. The molecule has 1 aromatic rings.